The Morgan fingerprint density at radius 1 is 1.05 bits per heavy atom. The second-order valence-electron chi connectivity index (χ2n) is 4.75. The highest BCUT2D eigenvalue weighted by Gasteiger charge is 2.03. The highest BCUT2D eigenvalue weighted by molar-refractivity contribution is 7.99. The van der Waals surface area contributed by atoms with E-state index < -0.39 is 0 Å². The van der Waals surface area contributed by atoms with Crippen LogP contribution in [0.15, 0.2) is 59.9 Å². The number of aromatic nitrogens is 2. The van der Waals surface area contributed by atoms with Gasteiger partial charge < -0.3 is 4.40 Å². The average molecular weight is 282 g/mol. The lowest BCUT2D eigenvalue weighted by molar-refractivity contribution is 0.906. The van der Waals surface area contributed by atoms with E-state index in [1.807, 2.05) is 24.2 Å². The van der Waals surface area contributed by atoms with Crippen molar-refractivity contribution in [3.8, 4) is 0 Å². The van der Waals surface area contributed by atoms with Gasteiger partial charge in [-0.3, -0.25) is 4.98 Å². The first-order valence-corrected chi connectivity index (χ1v) is 7.97. The lowest BCUT2D eigenvalue weighted by Gasteiger charge is -2.05. The van der Waals surface area contributed by atoms with Crippen molar-refractivity contribution in [3.63, 3.8) is 0 Å². The number of thioether (sulfide) groups is 1. The van der Waals surface area contributed by atoms with E-state index in [4.69, 9.17) is 0 Å². The minimum absolute atomic E-state index is 0.981. The molecule has 2 heterocycles. The Kier molecular flexibility index (Phi) is 4.07. The SMILES string of the molecule is CCSc1ccc(CCc2nccn3cccc23)cc1. The molecular weight excluding hydrogens is 264 g/mol. The zero-order valence-corrected chi connectivity index (χ0v) is 12.4. The topological polar surface area (TPSA) is 17.3 Å². The molecule has 0 radical (unpaired) electrons. The molecular formula is C17H18N2S. The first-order valence-electron chi connectivity index (χ1n) is 6.99. The van der Waals surface area contributed by atoms with Crippen LogP contribution in [0.4, 0.5) is 0 Å². The molecule has 0 fully saturated rings. The highest BCUT2D eigenvalue weighted by atomic mass is 32.2. The molecule has 2 nitrogen and oxygen atoms in total. The molecule has 20 heavy (non-hydrogen) atoms. The predicted octanol–water partition coefficient (Wildman–Crippen LogP) is 4.23. The summed E-state index contributed by atoms with van der Waals surface area (Å²) in [5.74, 6) is 1.12. The fourth-order valence-electron chi connectivity index (χ4n) is 2.40. The van der Waals surface area contributed by atoms with Crippen molar-refractivity contribution >= 4 is 17.3 Å². The molecule has 0 unspecified atom stereocenters. The molecule has 0 spiro atoms. The number of hydrogen-bond donors (Lipinski definition) is 0. The van der Waals surface area contributed by atoms with Gasteiger partial charge in [0.1, 0.15) is 0 Å². The summed E-state index contributed by atoms with van der Waals surface area (Å²) in [6.45, 7) is 2.18. The maximum absolute atomic E-state index is 4.52. The summed E-state index contributed by atoms with van der Waals surface area (Å²) in [7, 11) is 0. The van der Waals surface area contributed by atoms with E-state index in [0.717, 1.165) is 18.6 Å². The van der Waals surface area contributed by atoms with Gasteiger partial charge in [0, 0.05) is 23.5 Å². The van der Waals surface area contributed by atoms with Gasteiger partial charge in [-0.1, -0.05) is 19.1 Å². The van der Waals surface area contributed by atoms with Crippen molar-refractivity contribution in [2.45, 2.75) is 24.7 Å². The molecule has 0 aliphatic heterocycles. The van der Waals surface area contributed by atoms with Gasteiger partial charge in [-0.15, -0.1) is 11.8 Å². The summed E-state index contributed by atoms with van der Waals surface area (Å²) in [6, 6.07) is 13.1. The summed E-state index contributed by atoms with van der Waals surface area (Å²) in [5, 5.41) is 0. The van der Waals surface area contributed by atoms with Crippen LogP contribution >= 0.6 is 11.8 Å². The fraction of sp³-hybridized carbons (Fsp3) is 0.235. The summed E-state index contributed by atoms with van der Waals surface area (Å²) < 4.78 is 2.13. The van der Waals surface area contributed by atoms with Gasteiger partial charge in [0.25, 0.3) is 0 Å². The molecule has 3 heteroatoms. The van der Waals surface area contributed by atoms with Gasteiger partial charge in [0.05, 0.1) is 11.2 Å². The first-order chi connectivity index (χ1) is 9.86. The zero-order chi connectivity index (χ0) is 13.8. The third-order valence-corrected chi connectivity index (χ3v) is 4.31. The van der Waals surface area contributed by atoms with Crippen molar-refractivity contribution in [2.24, 2.45) is 0 Å². The predicted molar refractivity (Wildman–Crippen MR) is 85.4 cm³/mol. The smallest absolute Gasteiger partial charge is 0.0666 e. The largest absolute Gasteiger partial charge is 0.321 e. The molecule has 1 aromatic carbocycles. The van der Waals surface area contributed by atoms with Crippen LogP contribution in [-0.4, -0.2) is 15.1 Å². The van der Waals surface area contributed by atoms with Gasteiger partial charge >= 0.3 is 0 Å². The molecule has 0 saturated heterocycles. The summed E-state index contributed by atoms with van der Waals surface area (Å²) in [6.07, 6.45) is 7.96. The molecule has 3 rings (SSSR count). The van der Waals surface area contributed by atoms with E-state index in [1.54, 1.807) is 0 Å². The molecule has 0 amide bonds. The van der Waals surface area contributed by atoms with E-state index >= 15 is 0 Å². The highest BCUT2D eigenvalue weighted by Crippen LogP contribution is 2.19. The number of benzene rings is 1. The molecule has 0 N–H and O–H groups in total. The van der Waals surface area contributed by atoms with Crippen molar-refractivity contribution < 1.29 is 0 Å². The summed E-state index contributed by atoms with van der Waals surface area (Å²) in [4.78, 5) is 5.87. The molecule has 2 aromatic heterocycles. The molecule has 102 valence electrons. The van der Waals surface area contributed by atoms with Crippen LogP contribution in [0, 0.1) is 0 Å². The van der Waals surface area contributed by atoms with Crippen LogP contribution in [0.5, 0.6) is 0 Å². The van der Waals surface area contributed by atoms with Crippen molar-refractivity contribution in [1.29, 1.82) is 0 Å². The Bertz CT molecular complexity index is 686. The maximum Gasteiger partial charge on any atom is 0.0666 e. The number of hydrogen-bond acceptors (Lipinski definition) is 2. The Morgan fingerprint density at radius 2 is 1.90 bits per heavy atom. The zero-order valence-electron chi connectivity index (χ0n) is 11.6. The molecule has 0 aliphatic rings. The Labute approximate surface area is 123 Å². The number of nitrogens with zero attached hydrogens (tertiary/aromatic N) is 2. The lowest BCUT2D eigenvalue weighted by Crippen LogP contribution is -1.97. The van der Waals surface area contributed by atoms with Crippen molar-refractivity contribution in [1.82, 2.24) is 9.38 Å². The van der Waals surface area contributed by atoms with Crippen LogP contribution < -0.4 is 0 Å². The normalized spacial score (nSPS) is 11.1. The van der Waals surface area contributed by atoms with E-state index in [-0.39, 0.29) is 0 Å². The fourth-order valence-corrected chi connectivity index (χ4v) is 3.07. The monoisotopic (exact) mass is 282 g/mol. The Morgan fingerprint density at radius 3 is 2.70 bits per heavy atom. The molecule has 0 atom stereocenters. The quantitative estimate of drug-likeness (QED) is 0.651. The van der Waals surface area contributed by atoms with E-state index in [9.17, 15) is 0 Å². The standard InChI is InChI=1S/C17H18N2S/c1-2-20-15-8-5-14(6-9-15)7-10-16-17-4-3-12-19(17)13-11-18-16/h3-6,8-9,11-13H,2,7,10H2,1H3. The third-order valence-electron chi connectivity index (χ3n) is 3.42. The van der Waals surface area contributed by atoms with E-state index in [2.05, 4.69) is 58.9 Å². The minimum Gasteiger partial charge on any atom is -0.321 e. The minimum atomic E-state index is 0.981. The van der Waals surface area contributed by atoms with Crippen LogP contribution in [0.3, 0.4) is 0 Å². The second kappa shape index (κ2) is 6.14. The van der Waals surface area contributed by atoms with Crippen LogP contribution in [0.2, 0.25) is 0 Å². The third kappa shape index (κ3) is 2.88. The molecule has 0 aliphatic carbocycles. The lowest BCUT2D eigenvalue weighted by atomic mass is 10.1. The molecule has 3 aromatic rings. The van der Waals surface area contributed by atoms with Gasteiger partial charge in [-0.05, 0) is 48.4 Å². The Balaban J connectivity index is 1.71. The van der Waals surface area contributed by atoms with Crippen LogP contribution in [-0.2, 0) is 12.8 Å². The summed E-state index contributed by atoms with van der Waals surface area (Å²) >= 11 is 1.89. The van der Waals surface area contributed by atoms with Crippen LogP contribution in [0.1, 0.15) is 18.2 Å². The van der Waals surface area contributed by atoms with Crippen LogP contribution in [0.25, 0.3) is 5.52 Å². The number of fused-ring (bicyclic) bond motifs is 1. The van der Waals surface area contributed by atoms with Gasteiger partial charge in [-0.25, -0.2) is 0 Å². The first kappa shape index (κ1) is 13.3. The number of aryl methyl sites for hydroxylation is 2. The average Bonchev–Trinajstić information content (AvgIpc) is 2.96. The summed E-state index contributed by atoms with van der Waals surface area (Å²) in [5.41, 5.74) is 3.76. The van der Waals surface area contributed by atoms with E-state index in [0.29, 0.717) is 0 Å². The molecule has 0 saturated carbocycles. The molecule has 0 bridgehead atoms. The van der Waals surface area contributed by atoms with E-state index in [1.165, 1.54) is 21.7 Å². The van der Waals surface area contributed by atoms with Gasteiger partial charge in [-0.2, -0.15) is 0 Å². The Hall–Kier alpha value is -1.74. The van der Waals surface area contributed by atoms with Crippen molar-refractivity contribution in [2.75, 3.05) is 5.75 Å². The van der Waals surface area contributed by atoms with Gasteiger partial charge in [0.2, 0.25) is 0 Å². The van der Waals surface area contributed by atoms with Crippen molar-refractivity contribution in [3.05, 3.63) is 66.2 Å². The maximum atomic E-state index is 4.52. The van der Waals surface area contributed by atoms with Gasteiger partial charge in [0.15, 0.2) is 0 Å². The number of rotatable bonds is 5. The second-order valence-corrected chi connectivity index (χ2v) is 6.09.